The fraction of sp³-hybridized carbons (Fsp3) is 0.292. The van der Waals surface area contributed by atoms with Crippen molar-refractivity contribution in [1.82, 2.24) is 9.62 Å². The Morgan fingerprint density at radius 3 is 2.48 bits per heavy atom. The van der Waals surface area contributed by atoms with Crippen molar-refractivity contribution in [1.29, 1.82) is 0 Å². The van der Waals surface area contributed by atoms with Gasteiger partial charge in [0.2, 0.25) is 10.0 Å². The lowest BCUT2D eigenvalue weighted by atomic mass is 9.99. The third-order valence-corrected chi connectivity index (χ3v) is 7.67. The van der Waals surface area contributed by atoms with E-state index in [-0.39, 0.29) is 28.2 Å². The molecule has 1 fully saturated rings. The van der Waals surface area contributed by atoms with E-state index in [9.17, 15) is 13.2 Å². The van der Waals surface area contributed by atoms with E-state index >= 15 is 0 Å². The normalized spacial score (nSPS) is 15.7. The Kier molecular flexibility index (Phi) is 5.98. The Bertz CT molecular complexity index is 1210. The lowest BCUT2D eigenvalue weighted by Gasteiger charge is -2.19. The predicted octanol–water partition coefficient (Wildman–Crippen LogP) is 4.12. The van der Waals surface area contributed by atoms with E-state index in [1.807, 2.05) is 49.4 Å². The van der Waals surface area contributed by atoms with Crippen molar-refractivity contribution in [3.8, 4) is 5.75 Å². The molecule has 0 radical (unpaired) electrons. The molecule has 1 amide bonds. The summed E-state index contributed by atoms with van der Waals surface area (Å²) in [6, 6.07) is 18.3. The molecule has 1 N–H and O–H groups in total. The summed E-state index contributed by atoms with van der Waals surface area (Å²) in [5.74, 6) is -0.0912. The van der Waals surface area contributed by atoms with E-state index in [1.165, 1.54) is 17.5 Å². The minimum absolute atomic E-state index is 0.0300. The van der Waals surface area contributed by atoms with Gasteiger partial charge in [-0.05, 0) is 54.3 Å². The van der Waals surface area contributed by atoms with Gasteiger partial charge in [0.15, 0.2) is 0 Å². The summed E-state index contributed by atoms with van der Waals surface area (Å²) < 4.78 is 32.9. The van der Waals surface area contributed by atoms with Gasteiger partial charge in [0.25, 0.3) is 5.91 Å². The molecule has 7 heteroatoms. The Balaban J connectivity index is 1.63. The molecule has 1 heterocycles. The van der Waals surface area contributed by atoms with Crippen molar-refractivity contribution in [2.24, 2.45) is 0 Å². The van der Waals surface area contributed by atoms with Gasteiger partial charge in [-0.3, -0.25) is 4.79 Å². The molecule has 0 aromatic heterocycles. The molecule has 0 saturated carbocycles. The van der Waals surface area contributed by atoms with E-state index in [2.05, 4.69) is 5.32 Å². The quantitative estimate of drug-likeness (QED) is 0.628. The standard InChI is InChI=1S/C24H26N2O4S/c1-17(20-11-7-9-18-8-3-4-10-21(18)20)25-24(27)19-12-13-22(30-2)23(16-19)31(28,29)26-14-5-6-15-26/h3-4,7-13,16-17H,5-6,14-15H2,1-2H3,(H,25,27). The maximum absolute atomic E-state index is 13.1. The number of nitrogens with one attached hydrogen (secondary N) is 1. The largest absolute Gasteiger partial charge is 0.495 e. The van der Waals surface area contributed by atoms with E-state index in [0.717, 1.165) is 29.2 Å². The van der Waals surface area contributed by atoms with Crippen molar-refractivity contribution >= 4 is 26.7 Å². The van der Waals surface area contributed by atoms with Gasteiger partial charge in [-0.15, -0.1) is 0 Å². The molecule has 0 aliphatic carbocycles. The van der Waals surface area contributed by atoms with Gasteiger partial charge in [-0.1, -0.05) is 42.5 Å². The van der Waals surface area contributed by atoms with Crippen molar-refractivity contribution in [3.05, 3.63) is 71.8 Å². The molecule has 0 spiro atoms. The number of hydrogen-bond donors (Lipinski definition) is 1. The van der Waals surface area contributed by atoms with Crippen molar-refractivity contribution in [3.63, 3.8) is 0 Å². The van der Waals surface area contributed by atoms with Gasteiger partial charge < -0.3 is 10.1 Å². The number of carbonyl (C=O) groups is 1. The Labute approximate surface area is 182 Å². The number of benzene rings is 3. The van der Waals surface area contributed by atoms with Gasteiger partial charge in [-0.2, -0.15) is 4.31 Å². The van der Waals surface area contributed by atoms with Crippen LogP contribution in [-0.2, 0) is 10.0 Å². The second-order valence-corrected chi connectivity index (χ2v) is 9.65. The summed E-state index contributed by atoms with van der Waals surface area (Å²) in [5.41, 5.74) is 1.29. The van der Waals surface area contributed by atoms with Gasteiger partial charge in [0.1, 0.15) is 10.6 Å². The number of amides is 1. The zero-order chi connectivity index (χ0) is 22.0. The van der Waals surface area contributed by atoms with Crippen LogP contribution in [0.1, 0.15) is 41.7 Å². The molecule has 1 atom stereocenters. The molecule has 1 unspecified atom stereocenters. The van der Waals surface area contributed by atoms with Gasteiger partial charge in [-0.25, -0.2) is 8.42 Å². The predicted molar refractivity (Wildman–Crippen MR) is 121 cm³/mol. The monoisotopic (exact) mass is 438 g/mol. The highest BCUT2D eigenvalue weighted by Gasteiger charge is 2.30. The van der Waals surface area contributed by atoms with Crippen molar-refractivity contribution < 1.29 is 17.9 Å². The summed E-state index contributed by atoms with van der Waals surface area (Å²) in [6.07, 6.45) is 1.68. The molecule has 31 heavy (non-hydrogen) atoms. The average molecular weight is 439 g/mol. The number of hydrogen-bond acceptors (Lipinski definition) is 4. The molecule has 1 aliphatic heterocycles. The number of ether oxygens (including phenoxy) is 1. The summed E-state index contributed by atoms with van der Waals surface area (Å²) >= 11 is 0. The van der Waals surface area contributed by atoms with Gasteiger partial charge in [0.05, 0.1) is 13.2 Å². The summed E-state index contributed by atoms with van der Waals surface area (Å²) in [6.45, 7) is 2.89. The van der Waals surface area contributed by atoms with Crippen molar-refractivity contribution in [2.75, 3.05) is 20.2 Å². The molecule has 1 aliphatic rings. The highest BCUT2D eigenvalue weighted by atomic mass is 32.2. The first kappa shape index (κ1) is 21.3. The Morgan fingerprint density at radius 1 is 1.03 bits per heavy atom. The first-order valence-electron chi connectivity index (χ1n) is 10.4. The fourth-order valence-electron chi connectivity index (χ4n) is 4.07. The van der Waals surface area contributed by atoms with E-state index in [4.69, 9.17) is 4.74 Å². The molecular formula is C24H26N2O4S. The minimum Gasteiger partial charge on any atom is -0.495 e. The molecular weight excluding hydrogens is 412 g/mol. The number of carbonyl (C=O) groups excluding carboxylic acids is 1. The second kappa shape index (κ2) is 8.69. The van der Waals surface area contributed by atoms with Crippen LogP contribution in [0.3, 0.4) is 0 Å². The average Bonchev–Trinajstić information content (AvgIpc) is 3.34. The van der Waals surface area contributed by atoms with Gasteiger partial charge in [0, 0.05) is 18.7 Å². The number of methoxy groups -OCH3 is 1. The van der Waals surface area contributed by atoms with Gasteiger partial charge >= 0.3 is 0 Å². The zero-order valence-corrected chi connectivity index (χ0v) is 18.5. The fourth-order valence-corrected chi connectivity index (χ4v) is 5.77. The maximum Gasteiger partial charge on any atom is 0.251 e. The number of sulfonamides is 1. The zero-order valence-electron chi connectivity index (χ0n) is 17.7. The lowest BCUT2D eigenvalue weighted by molar-refractivity contribution is 0.0940. The molecule has 1 saturated heterocycles. The van der Waals surface area contributed by atoms with Crippen LogP contribution in [0.2, 0.25) is 0 Å². The van der Waals surface area contributed by atoms with Crippen LogP contribution in [0, 0.1) is 0 Å². The molecule has 3 aromatic rings. The first-order chi connectivity index (χ1) is 14.9. The van der Waals surface area contributed by atoms with Crippen LogP contribution in [0.4, 0.5) is 0 Å². The van der Waals surface area contributed by atoms with Crippen LogP contribution in [-0.4, -0.2) is 38.8 Å². The van der Waals surface area contributed by atoms with E-state index in [1.54, 1.807) is 12.1 Å². The molecule has 162 valence electrons. The number of rotatable bonds is 6. The Morgan fingerprint density at radius 2 is 1.74 bits per heavy atom. The molecule has 3 aromatic carbocycles. The molecule has 0 bridgehead atoms. The second-order valence-electron chi connectivity index (χ2n) is 7.74. The third kappa shape index (κ3) is 4.16. The molecule has 6 nitrogen and oxygen atoms in total. The van der Waals surface area contributed by atoms with Crippen LogP contribution in [0.5, 0.6) is 5.75 Å². The summed E-state index contributed by atoms with van der Waals surface area (Å²) in [7, 11) is -2.29. The highest BCUT2D eigenvalue weighted by molar-refractivity contribution is 7.89. The number of fused-ring (bicyclic) bond motifs is 1. The first-order valence-corrected chi connectivity index (χ1v) is 11.8. The highest BCUT2D eigenvalue weighted by Crippen LogP contribution is 2.30. The van der Waals surface area contributed by atoms with Crippen LogP contribution in [0.25, 0.3) is 10.8 Å². The minimum atomic E-state index is -3.72. The van der Waals surface area contributed by atoms with Crippen LogP contribution in [0.15, 0.2) is 65.6 Å². The SMILES string of the molecule is COc1ccc(C(=O)NC(C)c2cccc3ccccc23)cc1S(=O)(=O)N1CCCC1. The Hall–Kier alpha value is -2.90. The summed E-state index contributed by atoms with van der Waals surface area (Å²) in [5, 5.41) is 5.18. The smallest absolute Gasteiger partial charge is 0.251 e. The van der Waals surface area contributed by atoms with E-state index < -0.39 is 10.0 Å². The van der Waals surface area contributed by atoms with Crippen LogP contribution < -0.4 is 10.1 Å². The maximum atomic E-state index is 13.1. The number of nitrogens with zero attached hydrogens (tertiary/aromatic N) is 1. The van der Waals surface area contributed by atoms with Crippen LogP contribution >= 0.6 is 0 Å². The molecule has 4 rings (SSSR count). The lowest BCUT2D eigenvalue weighted by Crippen LogP contribution is -2.29. The third-order valence-electron chi connectivity index (χ3n) is 5.75. The van der Waals surface area contributed by atoms with E-state index in [0.29, 0.717) is 13.1 Å². The topological polar surface area (TPSA) is 75.7 Å². The summed E-state index contributed by atoms with van der Waals surface area (Å²) in [4.78, 5) is 13.0. The van der Waals surface area contributed by atoms with Crippen molar-refractivity contribution in [2.45, 2.75) is 30.7 Å².